The van der Waals surface area contributed by atoms with Crippen molar-refractivity contribution in [2.75, 3.05) is 13.7 Å². The largest absolute Gasteiger partial charge is 0.497 e. The van der Waals surface area contributed by atoms with Gasteiger partial charge in [-0.1, -0.05) is 11.6 Å². The van der Waals surface area contributed by atoms with E-state index in [2.05, 4.69) is 5.32 Å². The van der Waals surface area contributed by atoms with E-state index in [0.717, 1.165) is 5.56 Å². The van der Waals surface area contributed by atoms with Gasteiger partial charge in [-0.3, -0.25) is 9.59 Å². The summed E-state index contributed by atoms with van der Waals surface area (Å²) in [6, 6.07) is 15.9. The predicted molar refractivity (Wildman–Crippen MR) is 115 cm³/mol. The Hall–Kier alpha value is -4.00. The van der Waals surface area contributed by atoms with Gasteiger partial charge < -0.3 is 23.6 Å². The lowest BCUT2D eigenvalue weighted by Gasteiger charge is -2.12. The average molecular weight is 419 g/mol. The molecule has 2 aromatic heterocycles. The number of hydrogen-bond acceptors (Lipinski definition) is 6. The van der Waals surface area contributed by atoms with E-state index in [4.69, 9.17) is 18.3 Å². The third kappa shape index (κ3) is 4.45. The van der Waals surface area contributed by atoms with Crippen molar-refractivity contribution in [3.8, 4) is 22.8 Å². The minimum absolute atomic E-state index is 0.0172. The summed E-state index contributed by atoms with van der Waals surface area (Å²) in [5, 5.41) is 3.08. The molecule has 7 heteroatoms. The van der Waals surface area contributed by atoms with Crippen molar-refractivity contribution in [3.05, 3.63) is 82.4 Å². The minimum Gasteiger partial charge on any atom is -0.497 e. The topological polar surface area (TPSA) is 90.9 Å². The summed E-state index contributed by atoms with van der Waals surface area (Å²) in [6.45, 7) is 1.77. The van der Waals surface area contributed by atoms with E-state index in [9.17, 15) is 9.59 Å². The van der Waals surface area contributed by atoms with Gasteiger partial charge in [0.1, 0.15) is 17.1 Å². The van der Waals surface area contributed by atoms with Crippen LogP contribution in [0.25, 0.3) is 22.3 Å². The van der Waals surface area contributed by atoms with Crippen LogP contribution < -0.4 is 20.2 Å². The first kappa shape index (κ1) is 20.3. The third-order valence-electron chi connectivity index (χ3n) is 4.74. The van der Waals surface area contributed by atoms with Crippen LogP contribution in [0.3, 0.4) is 0 Å². The van der Waals surface area contributed by atoms with Crippen LogP contribution in [-0.4, -0.2) is 19.6 Å². The first-order chi connectivity index (χ1) is 15.0. The van der Waals surface area contributed by atoms with E-state index in [1.807, 2.05) is 13.0 Å². The molecule has 4 aromatic rings. The number of furan rings is 1. The molecule has 0 aliphatic rings. The molecule has 1 N–H and O–H groups in total. The molecule has 0 radical (unpaired) electrons. The molecule has 31 heavy (non-hydrogen) atoms. The molecule has 0 fully saturated rings. The number of nitrogens with one attached hydrogen (secondary N) is 1. The maximum atomic E-state index is 13.2. The Balaban J connectivity index is 1.66. The molecule has 1 amide bonds. The second-order valence-electron chi connectivity index (χ2n) is 6.96. The molecule has 4 rings (SSSR count). The Morgan fingerprint density at radius 2 is 1.90 bits per heavy atom. The Morgan fingerprint density at radius 1 is 1.10 bits per heavy atom. The van der Waals surface area contributed by atoms with Crippen molar-refractivity contribution in [1.82, 2.24) is 5.32 Å². The zero-order valence-electron chi connectivity index (χ0n) is 17.1. The predicted octanol–water partition coefficient (Wildman–Crippen LogP) is 4.07. The first-order valence-electron chi connectivity index (χ1n) is 9.69. The van der Waals surface area contributed by atoms with Gasteiger partial charge in [-0.05, 0) is 55.5 Å². The SMILES string of the molecule is COc1ccc(-c2oc3ccc(C)cc3c(=O)c2OCC(=O)NCc2ccco2)cc1. The number of hydrogen-bond donors (Lipinski definition) is 1. The number of benzene rings is 2. The van der Waals surface area contributed by atoms with E-state index in [-0.39, 0.29) is 36.0 Å². The van der Waals surface area contributed by atoms with Crippen molar-refractivity contribution in [3.63, 3.8) is 0 Å². The van der Waals surface area contributed by atoms with Crippen LogP contribution in [0, 0.1) is 6.92 Å². The summed E-state index contributed by atoms with van der Waals surface area (Å²) in [5.74, 6) is 1.13. The Morgan fingerprint density at radius 3 is 2.61 bits per heavy atom. The van der Waals surface area contributed by atoms with Crippen molar-refractivity contribution < 1.29 is 23.1 Å². The molecular formula is C24H21NO6. The van der Waals surface area contributed by atoms with Crippen LogP contribution >= 0.6 is 0 Å². The highest BCUT2D eigenvalue weighted by Crippen LogP contribution is 2.32. The molecule has 158 valence electrons. The summed E-state index contributed by atoms with van der Waals surface area (Å²) in [7, 11) is 1.57. The zero-order valence-corrected chi connectivity index (χ0v) is 17.1. The summed E-state index contributed by atoms with van der Waals surface area (Å²) in [6.07, 6.45) is 1.53. The normalized spacial score (nSPS) is 10.8. The molecule has 0 atom stereocenters. The highest BCUT2D eigenvalue weighted by molar-refractivity contribution is 5.83. The fourth-order valence-corrected chi connectivity index (χ4v) is 3.14. The molecule has 0 aliphatic carbocycles. The number of carbonyl (C=O) groups excluding carboxylic acids is 1. The summed E-state index contributed by atoms with van der Waals surface area (Å²) >= 11 is 0. The lowest BCUT2D eigenvalue weighted by Crippen LogP contribution is -2.29. The summed E-state index contributed by atoms with van der Waals surface area (Å²) < 4.78 is 22.1. The van der Waals surface area contributed by atoms with E-state index in [1.165, 1.54) is 6.26 Å². The van der Waals surface area contributed by atoms with E-state index < -0.39 is 0 Å². The second kappa shape index (κ2) is 8.79. The number of aryl methyl sites for hydroxylation is 1. The van der Waals surface area contributed by atoms with Crippen molar-refractivity contribution in [2.24, 2.45) is 0 Å². The van der Waals surface area contributed by atoms with Gasteiger partial charge in [-0.25, -0.2) is 0 Å². The van der Waals surface area contributed by atoms with Crippen LogP contribution in [0.1, 0.15) is 11.3 Å². The molecule has 0 saturated heterocycles. The van der Waals surface area contributed by atoms with E-state index >= 15 is 0 Å². The number of amides is 1. The number of rotatable bonds is 7. The van der Waals surface area contributed by atoms with Gasteiger partial charge in [0.05, 0.1) is 25.3 Å². The maximum Gasteiger partial charge on any atom is 0.258 e. The highest BCUT2D eigenvalue weighted by Gasteiger charge is 2.19. The van der Waals surface area contributed by atoms with Gasteiger partial charge in [0.25, 0.3) is 5.91 Å². The van der Waals surface area contributed by atoms with Crippen LogP contribution in [-0.2, 0) is 11.3 Å². The zero-order chi connectivity index (χ0) is 21.8. The van der Waals surface area contributed by atoms with Crippen molar-refractivity contribution in [1.29, 1.82) is 0 Å². The number of carbonyl (C=O) groups is 1. The van der Waals surface area contributed by atoms with Crippen molar-refractivity contribution in [2.45, 2.75) is 13.5 Å². The van der Waals surface area contributed by atoms with Crippen LogP contribution in [0.15, 0.2) is 74.5 Å². The van der Waals surface area contributed by atoms with E-state index in [1.54, 1.807) is 55.6 Å². The molecular weight excluding hydrogens is 398 g/mol. The van der Waals surface area contributed by atoms with Gasteiger partial charge in [-0.2, -0.15) is 0 Å². The monoisotopic (exact) mass is 419 g/mol. The van der Waals surface area contributed by atoms with Gasteiger partial charge >= 0.3 is 0 Å². The average Bonchev–Trinajstić information content (AvgIpc) is 3.31. The fraction of sp³-hybridized carbons (Fsp3) is 0.167. The number of ether oxygens (including phenoxy) is 2. The van der Waals surface area contributed by atoms with Crippen molar-refractivity contribution >= 4 is 16.9 Å². The molecule has 7 nitrogen and oxygen atoms in total. The summed E-state index contributed by atoms with van der Waals surface area (Å²) in [5.41, 5.74) is 1.65. The number of methoxy groups -OCH3 is 1. The maximum absolute atomic E-state index is 13.2. The lowest BCUT2D eigenvalue weighted by molar-refractivity contribution is -0.123. The standard InChI is InChI=1S/C24H21NO6/c1-15-5-10-20-19(12-15)22(27)24(23(31-20)16-6-8-17(28-2)9-7-16)30-14-21(26)25-13-18-4-3-11-29-18/h3-12H,13-14H2,1-2H3,(H,25,26). The minimum atomic E-state index is -0.388. The van der Waals surface area contributed by atoms with E-state index in [0.29, 0.717) is 28.0 Å². The highest BCUT2D eigenvalue weighted by atomic mass is 16.5. The van der Waals surface area contributed by atoms with Gasteiger partial charge in [0.2, 0.25) is 11.2 Å². The smallest absolute Gasteiger partial charge is 0.258 e. The molecule has 0 bridgehead atoms. The second-order valence-corrected chi connectivity index (χ2v) is 6.96. The fourth-order valence-electron chi connectivity index (χ4n) is 3.14. The van der Waals surface area contributed by atoms with Crippen LogP contribution in [0.2, 0.25) is 0 Å². The Labute approximate surface area is 178 Å². The molecule has 0 aliphatic heterocycles. The molecule has 0 unspecified atom stereocenters. The molecule has 0 spiro atoms. The summed E-state index contributed by atoms with van der Waals surface area (Å²) in [4.78, 5) is 25.4. The van der Waals surface area contributed by atoms with Gasteiger partial charge in [0.15, 0.2) is 12.4 Å². The Kier molecular flexibility index (Phi) is 5.75. The third-order valence-corrected chi connectivity index (χ3v) is 4.74. The number of fused-ring (bicyclic) bond motifs is 1. The van der Waals surface area contributed by atoms with Gasteiger partial charge in [0, 0.05) is 5.56 Å². The quantitative estimate of drug-likeness (QED) is 0.486. The first-order valence-corrected chi connectivity index (χ1v) is 9.69. The van der Waals surface area contributed by atoms with Crippen LogP contribution in [0.4, 0.5) is 0 Å². The molecule has 2 heterocycles. The lowest BCUT2D eigenvalue weighted by atomic mass is 10.1. The molecule has 2 aromatic carbocycles. The molecule has 0 saturated carbocycles. The van der Waals surface area contributed by atoms with Crippen LogP contribution in [0.5, 0.6) is 11.5 Å². The van der Waals surface area contributed by atoms with Gasteiger partial charge in [-0.15, -0.1) is 0 Å². The Bertz CT molecular complexity index is 1260.